The highest BCUT2D eigenvalue weighted by molar-refractivity contribution is 7.15. The van der Waals surface area contributed by atoms with E-state index in [9.17, 15) is 0 Å². The third-order valence-corrected chi connectivity index (χ3v) is 3.40. The Morgan fingerprint density at radius 2 is 2.24 bits per heavy atom. The lowest BCUT2D eigenvalue weighted by Crippen LogP contribution is -2.32. The molecule has 6 heteroatoms. The Balaban J connectivity index is 2.42. The lowest BCUT2D eigenvalue weighted by atomic mass is 10.3. The van der Waals surface area contributed by atoms with Gasteiger partial charge in [-0.2, -0.15) is 0 Å². The van der Waals surface area contributed by atoms with E-state index >= 15 is 0 Å². The minimum absolute atomic E-state index is 0.385. The van der Waals surface area contributed by atoms with Crippen molar-refractivity contribution in [3.05, 3.63) is 5.01 Å². The van der Waals surface area contributed by atoms with Gasteiger partial charge in [-0.05, 0) is 20.4 Å². The van der Waals surface area contributed by atoms with Crippen LogP contribution in [-0.2, 0) is 11.3 Å². The SMILES string of the molecule is CCCNc1nnc(CN(C)C(C)COC)s1. The third kappa shape index (κ3) is 4.97. The first kappa shape index (κ1) is 14.3. The summed E-state index contributed by atoms with van der Waals surface area (Å²) in [4.78, 5) is 2.22. The molecule has 0 aliphatic rings. The normalized spacial score (nSPS) is 13.0. The fourth-order valence-electron chi connectivity index (χ4n) is 1.36. The molecular formula is C11H22N4OS. The van der Waals surface area contributed by atoms with Crippen LogP contribution in [0.25, 0.3) is 0 Å². The van der Waals surface area contributed by atoms with Crippen LogP contribution < -0.4 is 5.32 Å². The van der Waals surface area contributed by atoms with Gasteiger partial charge in [0.25, 0.3) is 0 Å². The zero-order valence-corrected chi connectivity index (χ0v) is 11.9. The molecule has 0 spiro atoms. The number of nitrogens with zero attached hydrogens (tertiary/aromatic N) is 3. The Labute approximate surface area is 107 Å². The Morgan fingerprint density at radius 1 is 1.47 bits per heavy atom. The van der Waals surface area contributed by atoms with Crippen molar-refractivity contribution in [1.82, 2.24) is 15.1 Å². The quantitative estimate of drug-likeness (QED) is 0.771. The van der Waals surface area contributed by atoms with E-state index in [0.29, 0.717) is 6.04 Å². The van der Waals surface area contributed by atoms with Crippen molar-refractivity contribution in [3.63, 3.8) is 0 Å². The summed E-state index contributed by atoms with van der Waals surface area (Å²) in [6, 6.07) is 0.385. The fraction of sp³-hybridized carbons (Fsp3) is 0.818. The number of aromatic nitrogens is 2. The van der Waals surface area contributed by atoms with Gasteiger partial charge >= 0.3 is 0 Å². The van der Waals surface area contributed by atoms with E-state index in [-0.39, 0.29) is 0 Å². The second-order valence-corrected chi connectivity index (χ2v) is 5.21. The largest absolute Gasteiger partial charge is 0.383 e. The zero-order valence-electron chi connectivity index (χ0n) is 11.1. The summed E-state index contributed by atoms with van der Waals surface area (Å²) in [5.74, 6) is 0. The highest BCUT2D eigenvalue weighted by atomic mass is 32.1. The molecule has 0 bridgehead atoms. The topological polar surface area (TPSA) is 50.3 Å². The van der Waals surface area contributed by atoms with Crippen LogP contribution >= 0.6 is 11.3 Å². The summed E-state index contributed by atoms with van der Waals surface area (Å²) >= 11 is 1.62. The molecule has 1 aromatic rings. The standard InChI is InChI=1S/C11H22N4OS/c1-5-6-12-11-14-13-10(17-11)7-15(3)9(2)8-16-4/h9H,5-8H2,1-4H3,(H,12,14). The average Bonchev–Trinajstić information content (AvgIpc) is 2.74. The smallest absolute Gasteiger partial charge is 0.205 e. The number of hydrogen-bond donors (Lipinski definition) is 1. The van der Waals surface area contributed by atoms with Crippen LogP contribution in [0, 0.1) is 0 Å². The average molecular weight is 258 g/mol. The predicted octanol–water partition coefficient (Wildman–Crippen LogP) is 1.83. The molecule has 1 aromatic heterocycles. The predicted molar refractivity (Wildman–Crippen MR) is 71.5 cm³/mol. The molecule has 0 saturated heterocycles. The first-order chi connectivity index (χ1) is 8.17. The fourth-order valence-corrected chi connectivity index (χ4v) is 2.19. The van der Waals surface area contributed by atoms with Gasteiger partial charge in [-0.25, -0.2) is 0 Å². The number of nitrogens with one attached hydrogen (secondary N) is 1. The number of likely N-dealkylation sites (N-methyl/N-ethyl adjacent to an activating group) is 1. The van der Waals surface area contributed by atoms with Gasteiger partial charge in [-0.1, -0.05) is 18.3 Å². The van der Waals surface area contributed by atoms with E-state index in [0.717, 1.165) is 36.3 Å². The number of ether oxygens (including phenoxy) is 1. The van der Waals surface area contributed by atoms with Crippen LogP contribution in [-0.4, -0.2) is 48.4 Å². The summed E-state index contributed by atoms with van der Waals surface area (Å²) in [5, 5.41) is 13.5. The van der Waals surface area contributed by atoms with E-state index in [1.165, 1.54) is 0 Å². The highest BCUT2D eigenvalue weighted by Crippen LogP contribution is 2.17. The molecule has 0 amide bonds. The summed E-state index contributed by atoms with van der Waals surface area (Å²) in [6.45, 7) is 6.77. The summed E-state index contributed by atoms with van der Waals surface area (Å²) < 4.78 is 5.13. The maximum Gasteiger partial charge on any atom is 0.205 e. The first-order valence-electron chi connectivity index (χ1n) is 5.92. The monoisotopic (exact) mass is 258 g/mol. The molecule has 17 heavy (non-hydrogen) atoms. The molecule has 0 aromatic carbocycles. The van der Waals surface area contributed by atoms with Crippen LogP contribution in [0.15, 0.2) is 0 Å². The lowest BCUT2D eigenvalue weighted by Gasteiger charge is -2.22. The molecule has 0 saturated carbocycles. The van der Waals surface area contributed by atoms with Gasteiger partial charge in [0, 0.05) is 19.7 Å². The Bertz CT molecular complexity index is 318. The molecule has 1 unspecified atom stereocenters. The maximum absolute atomic E-state index is 5.13. The van der Waals surface area contributed by atoms with E-state index in [1.54, 1.807) is 18.4 Å². The molecule has 98 valence electrons. The Kier molecular flexibility index (Phi) is 6.39. The van der Waals surface area contributed by atoms with Crippen molar-refractivity contribution in [2.45, 2.75) is 32.9 Å². The second kappa shape index (κ2) is 7.58. The van der Waals surface area contributed by atoms with Crippen LogP contribution in [0.1, 0.15) is 25.3 Å². The van der Waals surface area contributed by atoms with Gasteiger partial charge in [-0.3, -0.25) is 4.90 Å². The minimum Gasteiger partial charge on any atom is -0.383 e. The molecule has 0 radical (unpaired) electrons. The number of methoxy groups -OCH3 is 1. The van der Waals surface area contributed by atoms with Crippen LogP contribution in [0.3, 0.4) is 0 Å². The first-order valence-corrected chi connectivity index (χ1v) is 6.74. The van der Waals surface area contributed by atoms with Crippen LogP contribution in [0.2, 0.25) is 0 Å². The van der Waals surface area contributed by atoms with Crippen molar-refractivity contribution in [1.29, 1.82) is 0 Å². The summed E-state index contributed by atoms with van der Waals surface area (Å²) in [6.07, 6.45) is 1.10. The zero-order chi connectivity index (χ0) is 12.7. The van der Waals surface area contributed by atoms with Crippen molar-refractivity contribution in [2.75, 3.05) is 32.6 Å². The molecule has 0 fully saturated rings. The highest BCUT2D eigenvalue weighted by Gasteiger charge is 2.12. The van der Waals surface area contributed by atoms with E-state index < -0.39 is 0 Å². The summed E-state index contributed by atoms with van der Waals surface area (Å²) in [7, 11) is 3.80. The minimum atomic E-state index is 0.385. The number of anilines is 1. The molecule has 5 nitrogen and oxygen atoms in total. The van der Waals surface area contributed by atoms with Gasteiger partial charge in [-0.15, -0.1) is 10.2 Å². The molecule has 0 aliphatic carbocycles. The van der Waals surface area contributed by atoms with E-state index in [2.05, 4.69) is 41.3 Å². The van der Waals surface area contributed by atoms with Gasteiger partial charge < -0.3 is 10.1 Å². The Hall–Kier alpha value is -0.720. The van der Waals surface area contributed by atoms with Crippen molar-refractivity contribution in [2.24, 2.45) is 0 Å². The van der Waals surface area contributed by atoms with Crippen LogP contribution in [0.4, 0.5) is 5.13 Å². The number of rotatable bonds is 8. The molecular weight excluding hydrogens is 236 g/mol. The third-order valence-electron chi connectivity index (χ3n) is 2.54. The molecule has 1 rings (SSSR count). The molecule has 1 N–H and O–H groups in total. The second-order valence-electron chi connectivity index (χ2n) is 4.15. The van der Waals surface area contributed by atoms with Crippen molar-refractivity contribution >= 4 is 16.5 Å². The van der Waals surface area contributed by atoms with E-state index in [1.807, 2.05) is 0 Å². The number of hydrogen-bond acceptors (Lipinski definition) is 6. The van der Waals surface area contributed by atoms with Gasteiger partial charge in [0.1, 0.15) is 5.01 Å². The van der Waals surface area contributed by atoms with E-state index in [4.69, 9.17) is 4.74 Å². The molecule has 0 aliphatic heterocycles. The van der Waals surface area contributed by atoms with Gasteiger partial charge in [0.15, 0.2) is 0 Å². The van der Waals surface area contributed by atoms with Crippen LogP contribution in [0.5, 0.6) is 0 Å². The maximum atomic E-state index is 5.13. The van der Waals surface area contributed by atoms with Crippen molar-refractivity contribution < 1.29 is 4.74 Å². The summed E-state index contributed by atoms with van der Waals surface area (Å²) in [5.41, 5.74) is 0. The molecule has 1 heterocycles. The van der Waals surface area contributed by atoms with Gasteiger partial charge in [0.05, 0.1) is 13.2 Å². The lowest BCUT2D eigenvalue weighted by molar-refractivity contribution is 0.112. The Morgan fingerprint density at radius 3 is 2.88 bits per heavy atom. The van der Waals surface area contributed by atoms with Crippen molar-refractivity contribution in [3.8, 4) is 0 Å². The van der Waals surface area contributed by atoms with Gasteiger partial charge in [0.2, 0.25) is 5.13 Å². The molecule has 1 atom stereocenters.